The molecule has 14 heteroatoms. The summed E-state index contributed by atoms with van der Waals surface area (Å²) >= 11 is 0. The van der Waals surface area contributed by atoms with Crippen molar-refractivity contribution in [3.05, 3.63) is 65.0 Å². The topological polar surface area (TPSA) is 90.9 Å². The molecule has 216 valence electrons. The number of amides is 3. The minimum absolute atomic E-state index is 0.108. The van der Waals surface area contributed by atoms with E-state index in [1.54, 1.807) is 25.1 Å². The molecule has 3 amide bonds. The van der Waals surface area contributed by atoms with Crippen molar-refractivity contribution in [1.29, 1.82) is 0 Å². The van der Waals surface area contributed by atoms with E-state index in [2.05, 4.69) is 10.3 Å². The molecule has 0 saturated heterocycles. The second-order valence-corrected chi connectivity index (χ2v) is 9.01. The number of alkyl halides is 6. The molecule has 3 rings (SSSR count). The van der Waals surface area contributed by atoms with Crippen LogP contribution >= 0.6 is 0 Å². The summed E-state index contributed by atoms with van der Waals surface area (Å²) in [6, 6.07) is 9.91. The lowest BCUT2D eigenvalue weighted by atomic mass is 9.98. The lowest BCUT2D eigenvalue weighted by molar-refractivity contribution is -0.151. The van der Waals surface area contributed by atoms with Gasteiger partial charge in [0.05, 0.1) is 24.2 Å². The van der Waals surface area contributed by atoms with E-state index in [1.165, 1.54) is 12.1 Å². The van der Waals surface area contributed by atoms with Crippen LogP contribution < -0.4 is 10.6 Å². The number of hydrogen-bond acceptors (Lipinski definition) is 4. The summed E-state index contributed by atoms with van der Waals surface area (Å²) in [6.07, 6.45) is -15.1. The number of nitrogens with zero attached hydrogens (tertiary/aromatic N) is 2. The zero-order chi connectivity index (χ0) is 29.7. The highest BCUT2D eigenvalue weighted by Gasteiger charge is 2.37. The number of para-hydroxylation sites is 1. The fourth-order valence-corrected chi connectivity index (χ4v) is 3.94. The number of anilines is 1. The lowest BCUT2D eigenvalue weighted by Crippen LogP contribution is -2.47. The van der Waals surface area contributed by atoms with Gasteiger partial charge in [0.15, 0.2) is 0 Å². The third-order valence-corrected chi connectivity index (χ3v) is 5.93. The average Bonchev–Trinajstić information content (AvgIpc) is 2.99. The summed E-state index contributed by atoms with van der Waals surface area (Å²) in [5.74, 6) is -3.45. The second kappa shape index (κ2) is 12.5. The zero-order valence-corrected chi connectivity index (χ0v) is 21.1. The van der Waals surface area contributed by atoms with Gasteiger partial charge in [-0.05, 0) is 36.8 Å². The molecule has 2 N–H and O–H groups in total. The lowest BCUT2D eigenvalue weighted by Gasteiger charge is -2.28. The van der Waals surface area contributed by atoms with Crippen LogP contribution in [0.3, 0.4) is 0 Å². The van der Waals surface area contributed by atoms with E-state index in [9.17, 15) is 45.1 Å². The average molecular weight is 574 g/mol. The number of carbonyl (C=O) groups excluding carboxylic acids is 3. The SMILES string of the molecule is Cc1cccc2c1NC(=O)[C@H](N(CCC(F)(F)F)C(=O)CCC(=O)NCCC(F)(F)F)N=C2c1ccc(F)cc1. The molecule has 1 atom stereocenters. The number of rotatable bonds is 9. The quantitative estimate of drug-likeness (QED) is 0.419. The van der Waals surface area contributed by atoms with Crippen molar-refractivity contribution in [2.24, 2.45) is 4.99 Å². The summed E-state index contributed by atoms with van der Waals surface area (Å²) in [5, 5.41) is 4.59. The molecule has 0 aromatic heterocycles. The minimum Gasteiger partial charge on any atom is -0.356 e. The maximum atomic E-state index is 13.6. The van der Waals surface area contributed by atoms with Gasteiger partial charge in [-0.3, -0.25) is 14.4 Å². The Morgan fingerprint density at radius 3 is 2.25 bits per heavy atom. The Bertz CT molecular complexity index is 1270. The van der Waals surface area contributed by atoms with Crippen LogP contribution in [0, 0.1) is 12.7 Å². The first kappa shape index (κ1) is 30.6. The standard InChI is InChI=1S/C26H25F7N4O3/c1-15-3-2-4-18-21(15)36-24(40)23(35-22(18)16-5-7-17(27)8-6-16)37(14-12-26(31,32)33)20(39)10-9-19(38)34-13-11-25(28,29)30/h2-8,23H,9-14H2,1H3,(H,34,38)(H,36,40)/t23-/m0/s1. The molecule has 1 aliphatic rings. The van der Waals surface area contributed by atoms with Gasteiger partial charge in [-0.1, -0.05) is 18.2 Å². The van der Waals surface area contributed by atoms with Crippen LogP contribution in [-0.2, 0) is 14.4 Å². The van der Waals surface area contributed by atoms with Gasteiger partial charge in [-0.15, -0.1) is 0 Å². The maximum Gasteiger partial charge on any atom is 0.390 e. The summed E-state index contributed by atoms with van der Waals surface area (Å²) in [4.78, 5) is 43.2. The molecule has 7 nitrogen and oxygen atoms in total. The molecule has 2 aromatic rings. The molecular formula is C26H25F7N4O3. The number of benzodiazepines with no additional fused rings is 1. The van der Waals surface area contributed by atoms with Gasteiger partial charge in [-0.25, -0.2) is 9.38 Å². The van der Waals surface area contributed by atoms with Crippen molar-refractivity contribution < 1.29 is 45.1 Å². The van der Waals surface area contributed by atoms with Crippen molar-refractivity contribution in [3.63, 3.8) is 0 Å². The first-order valence-electron chi connectivity index (χ1n) is 12.1. The Kier molecular flexibility index (Phi) is 9.53. The highest BCUT2D eigenvalue weighted by molar-refractivity contribution is 6.20. The Balaban J connectivity index is 1.94. The van der Waals surface area contributed by atoms with E-state index >= 15 is 0 Å². The summed E-state index contributed by atoms with van der Waals surface area (Å²) in [5.41, 5.74) is 1.70. The minimum atomic E-state index is -4.71. The van der Waals surface area contributed by atoms with Crippen molar-refractivity contribution in [2.45, 2.75) is 51.1 Å². The molecule has 0 fully saturated rings. The predicted molar refractivity (Wildman–Crippen MR) is 131 cm³/mol. The van der Waals surface area contributed by atoms with E-state index in [1.807, 2.05) is 5.32 Å². The van der Waals surface area contributed by atoms with Crippen LogP contribution in [0.25, 0.3) is 0 Å². The van der Waals surface area contributed by atoms with E-state index in [0.717, 1.165) is 12.1 Å². The molecule has 0 bridgehead atoms. The molecule has 1 heterocycles. The fourth-order valence-electron chi connectivity index (χ4n) is 3.94. The molecule has 0 aliphatic carbocycles. The van der Waals surface area contributed by atoms with Gasteiger partial charge in [0.25, 0.3) is 5.91 Å². The fraction of sp³-hybridized carbons (Fsp3) is 0.385. The molecule has 2 aromatic carbocycles. The van der Waals surface area contributed by atoms with Crippen LogP contribution in [0.4, 0.5) is 36.4 Å². The summed E-state index contributed by atoms with van der Waals surface area (Å²) < 4.78 is 90.0. The Labute approximate surface area is 224 Å². The number of carbonyl (C=O) groups is 3. The summed E-state index contributed by atoms with van der Waals surface area (Å²) in [7, 11) is 0. The van der Waals surface area contributed by atoms with Crippen molar-refractivity contribution in [2.75, 3.05) is 18.4 Å². The number of halogens is 7. The maximum absolute atomic E-state index is 13.6. The van der Waals surface area contributed by atoms with Gasteiger partial charge in [-0.2, -0.15) is 26.3 Å². The zero-order valence-electron chi connectivity index (χ0n) is 21.1. The molecule has 1 aliphatic heterocycles. The first-order valence-corrected chi connectivity index (χ1v) is 12.1. The normalized spacial score (nSPS) is 15.4. The Morgan fingerprint density at radius 1 is 0.975 bits per heavy atom. The Morgan fingerprint density at radius 2 is 1.62 bits per heavy atom. The van der Waals surface area contributed by atoms with Crippen LogP contribution in [0.2, 0.25) is 0 Å². The van der Waals surface area contributed by atoms with Gasteiger partial charge in [0.1, 0.15) is 5.82 Å². The Hall–Kier alpha value is -3.97. The highest BCUT2D eigenvalue weighted by atomic mass is 19.4. The van der Waals surface area contributed by atoms with Crippen molar-refractivity contribution in [3.8, 4) is 0 Å². The number of aryl methyl sites for hydroxylation is 1. The monoisotopic (exact) mass is 574 g/mol. The van der Waals surface area contributed by atoms with Crippen LogP contribution in [-0.4, -0.2) is 59.9 Å². The number of aliphatic imine (C=N–C) groups is 1. The van der Waals surface area contributed by atoms with Crippen LogP contribution in [0.1, 0.15) is 42.4 Å². The highest BCUT2D eigenvalue weighted by Crippen LogP contribution is 2.29. The van der Waals surface area contributed by atoms with E-state index < -0.39 is 80.8 Å². The molecule has 0 spiro atoms. The molecule has 0 radical (unpaired) electrons. The number of nitrogens with one attached hydrogen (secondary N) is 2. The molecule has 40 heavy (non-hydrogen) atoms. The van der Waals surface area contributed by atoms with Crippen LogP contribution in [0.5, 0.6) is 0 Å². The summed E-state index contributed by atoms with van der Waals surface area (Å²) in [6.45, 7) is -0.0421. The van der Waals surface area contributed by atoms with Crippen LogP contribution in [0.15, 0.2) is 47.5 Å². The molecular weight excluding hydrogens is 549 g/mol. The van der Waals surface area contributed by atoms with Gasteiger partial charge >= 0.3 is 12.4 Å². The van der Waals surface area contributed by atoms with Crippen molar-refractivity contribution >= 4 is 29.1 Å². The number of benzene rings is 2. The number of fused-ring (bicyclic) bond motifs is 1. The van der Waals surface area contributed by atoms with Gasteiger partial charge in [0, 0.05) is 37.1 Å². The number of hydrogen-bond donors (Lipinski definition) is 2. The third-order valence-electron chi connectivity index (χ3n) is 5.93. The van der Waals surface area contributed by atoms with Gasteiger partial charge in [0.2, 0.25) is 18.0 Å². The van der Waals surface area contributed by atoms with E-state index in [4.69, 9.17) is 0 Å². The predicted octanol–water partition coefficient (Wildman–Crippen LogP) is 4.88. The van der Waals surface area contributed by atoms with E-state index in [-0.39, 0.29) is 5.71 Å². The van der Waals surface area contributed by atoms with E-state index in [0.29, 0.717) is 27.3 Å². The largest absolute Gasteiger partial charge is 0.390 e. The first-order chi connectivity index (χ1) is 18.6. The smallest absolute Gasteiger partial charge is 0.356 e. The molecule has 0 unspecified atom stereocenters. The second-order valence-electron chi connectivity index (χ2n) is 9.01. The third kappa shape index (κ3) is 8.52. The van der Waals surface area contributed by atoms with Gasteiger partial charge < -0.3 is 15.5 Å². The molecule has 0 saturated carbocycles. The van der Waals surface area contributed by atoms with Crippen molar-refractivity contribution in [1.82, 2.24) is 10.2 Å².